The third kappa shape index (κ3) is 8.63. The molecule has 0 aliphatic carbocycles. The summed E-state index contributed by atoms with van der Waals surface area (Å²) in [6.45, 7) is 0. The van der Waals surface area contributed by atoms with Crippen LogP contribution in [0, 0.1) is 22.3 Å². The van der Waals surface area contributed by atoms with Gasteiger partial charge >= 0.3 is 73.5 Å². The Morgan fingerprint density at radius 3 is 1.77 bits per heavy atom. The Kier molecular flexibility index (Phi) is 15.2. The summed E-state index contributed by atoms with van der Waals surface area (Å²) in [6.07, 6.45) is 0. The molecule has 1 rings (SSSR count). The molecule has 0 amide bonds. The normalized spacial score (nSPS) is 8.31. The summed E-state index contributed by atoms with van der Waals surface area (Å²) in [5.41, 5.74) is 1.13. The van der Waals surface area contributed by atoms with Gasteiger partial charge in [-0.1, -0.05) is 0 Å². The van der Waals surface area contributed by atoms with Gasteiger partial charge in [0.05, 0.1) is 0 Å². The van der Waals surface area contributed by atoms with Crippen LogP contribution in [0.4, 0.5) is 0 Å². The molecule has 0 bridgehead atoms. The fourth-order valence-electron chi connectivity index (χ4n) is 0.610. The summed E-state index contributed by atoms with van der Waals surface area (Å²) >= 11 is -1.89. The van der Waals surface area contributed by atoms with Gasteiger partial charge < -0.3 is 22.3 Å². The first-order valence-corrected chi connectivity index (χ1v) is 10.4. The molecule has 0 aliphatic heterocycles. The maximum absolute atomic E-state index is 5.70. The van der Waals surface area contributed by atoms with Crippen molar-refractivity contribution < 1.29 is 13.8 Å². The van der Waals surface area contributed by atoms with Gasteiger partial charge in [0.2, 0.25) is 0 Å². The molecule has 1 aromatic carbocycles. The van der Waals surface area contributed by atoms with Crippen LogP contribution in [-0.2, 0) is 13.8 Å². The van der Waals surface area contributed by atoms with Crippen LogP contribution in [0.2, 0.25) is 0 Å². The van der Waals surface area contributed by atoms with Gasteiger partial charge in [0.15, 0.2) is 0 Å². The summed E-state index contributed by atoms with van der Waals surface area (Å²) in [5.74, 6) is 0. The van der Waals surface area contributed by atoms with Crippen molar-refractivity contribution in [2.75, 3.05) is 0 Å². The quantitative estimate of drug-likeness (QED) is 0.627. The van der Waals surface area contributed by atoms with E-state index in [1.165, 1.54) is 0 Å². The van der Waals surface area contributed by atoms with Crippen molar-refractivity contribution in [1.29, 1.82) is 0 Å². The van der Waals surface area contributed by atoms with Gasteiger partial charge in [-0.15, -0.1) is 0 Å². The molecule has 0 saturated heterocycles. The van der Waals surface area contributed by atoms with Gasteiger partial charge in [0.25, 0.3) is 0 Å². The van der Waals surface area contributed by atoms with Crippen LogP contribution in [0.25, 0.3) is 0 Å². The predicted octanol–water partition coefficient (Wildman–Crippen LogP) is 4.11. The predicted molar refractivity (Wildman–Crippen MR) is 62.6 cm³/mol. The minimum atomic E-state index is -1.89. The van der Waals surface area contributed by atoms with E-state index in [1.807, 2.05) is 34.9 Å². The summed E-state index contributed by atoms with van der Waals surface area (Å²) in [4.78, 5) is 0. The Morgan fingerprint density at radius 2 is 1.38 bits per heavy atom. The topological polar surface area (TPSA) is 0 Å². The van der Waals surface area contributed by atoms with Crippen molar-refractivity contribution in [3.05, 3.63) is 58.2 Å². The molecule has 0 unspecified atom stereocenters. The van der Waals surface area contributed by atoms with Gasteiger partial charge in [-0.25, -0.2) is 0 Å². The van der Waals surface area contributed by atoms with Crippen molar-refractivity contribution in [3.63, 3.8) is 0 Å². The molecular formula is C10H15Cl2Os-3. The standard InChI is InChI=1S/C7H6.3CH3.2ClH.Os/c1-7-5-3-2-4-6-7;;;;;;/h1-6H;3*1H3;2*1H;/q;3*-1;;;+2/p-2. The Labute approximate surface area is 95.5 Å². The second-order valence-electron chi connectivity index (χ2n) is 1.72. The molecule has 1 aromatic rings. The molecule has 0 radical (unpaired) electrons. The monoisotopic (exact) mass is 397 g/mol. The van der Waals surface area contributed by atoms with Crippen LogP contribution in [-0.4, -0.2) is 4.57 Å². The van der Waals surface area contributed by atoms with Crippen LogP contribution in [0.5, 0.6) is 0 Å². The molecule has 0 fully saturated rings. The Morgan fingerprint density at radius 1 is 0.923 bits per heavy atom. The van der Waals surface area contributed by atoms with Crippen LogP contribution in [0.1, 0.15) is 5.56 Å². The van der Waals surface area contributed by atoms with E-state index < -0.39 is 13.8 Å². The first-order chi connectivity index (χ1) is 4.79. The van der Waals surface area contributed by atoms with E-state index in [1.54, 1.807) is 0 Å². The number of hydrogen-bond donors (Lipinski definition) is 0. The van der Waals surface area contributed by atoms with Crippen molar-refractivity contribution in [2.45, 2.75) is 0 Å². The van der Waals surface area contributed by atoms with Crippen LogP contribution in [0.15, 0.2) is 30.3 Å². The van der Waals surface area contributed by atoms with Crippen LogP contribution in [0.3, 0.4) is 0 Å². The fraction of sp³-hybridized carbons (Fsp3) is 0. The zero-order valence-electron chi connectivity index (χ0n) is 8.07. The van der Waals surface area contributed by atoms with Crippen molar-refractivity contribution in [2.24, 2.45) is 0 Å². The molecule has 0 atom stereocenters. The SMILES string of the molecule is [CH3-].[CH3-].[CH3-].[Cl][Os]([Cl])=[CH]c1ccccc1. The summed E-state index contributed by atoms with van der Waals surface area (Å²) in [5, 5.41) is 0. The number of rotatable bonds is 1. The summed E-state index contributed by atoms with van der Waals surface area (Å²) in [6, 6.07) is 9.92. The van der Waals surface area contributed by atoms with Gasteiger partial charge in [-0.05, 0) is 0 Å². The molecule has 0 aromatic heterocycles. The van der Waals surface area contributed by atoms with E-state index in [-0.39, 0.29) is 22.3 Å². The van der Waals surface area contributed by atoms with Crippen LogP contribution < -0.4 is 0 Å². The number of hydrogen-bond acceptors (Lipinski definition) is 0. The average Bonchev–Trinajstić information content (AvgIpc) is 1.88. The molecule has 3 heteroatoms. The zero-order valence-corrected chi connectivity index (χ0v) is 12.1. The van der Waals surface area contributed by atoms with E-state index in [9.17, 15) is 0 Å². The third-order valence-electron chi connectivity index (χ3n) is 0.995. The number of halogens is 2. The first-order valence-electron chi connectivity index (χ1n) is 2.67. The second kappa shape index (κ2) is 10.4. The Balaban J connectivity index is -0.000000333. The first kappa shape index (κ1) is 19.0. The average molecular weight is 396 g/mol. The molecule has 0 heterocycles. The van der Waals surface area contributed by atoms with Gasteiger partial charge in [-0.3, -0.25) is 0 Å². The van der Waals surface area contributed by atoms with E-state index in [4.69, 9.17) is 19.3 Å². The summed E-state index contributed by atoms with van der Waals surface area (Å²) < 4.78 is 1.96. The molecule has 0 nitrogen and oxygen atoms in total. The third-order valence-corrected chi connectivity index (χ3v) is 3.66. The maximum atomic E-state index is 5.70. The second-order valence-corrected chi connectivity index (χ2v) is 9.76. The number of benzene rings is 1. The van der Waals surface area contributed by atoms with Crippen molar-refractivity contribution >= 4 is 23.8 Å². The Bertz CT molecular complexity index is 228. The molecular weight excluding hydrogens is 381 g/mol. The van der Waals surface area contributed by atoms with E-state index in [0.717, 1.165) is 5.56 Å². The van der Waals surface area contributed by atoms with Crippen molar-refractivity contribution in [1.82, 2.24) is 0 Å². The zero-order chi connectivity index (χ0) is 7.40. The van der Waals surface area contributed by atoms with E-state index in [2.05, 4.69) is 0 Å². The molecule has 0 spiro atoms. The van der Waals surface area contributed by atoms with E-state index >= 15 is 0 Å². The fourth-order valence-corrected chi connectivity index (χ4v) is 3.20. The van der Waals surface area contributed by atoms with Gasteiger partial charge in [-0.2, -0.15) is 0 Å². The molecule has 0 saturated carbocycles. The molecule has 80 valence electrons. The Hall–Kier alpha value is 0.306. The summed E-state index contributed by atoms with van der Waals surface area (Å²) in [7, 11) is 11.4. The van der Waals surface area contributed by atoms with E-state index in [0.29, 0.717) is 0 Å². The van der Waals surface area contributed by atoms with Crippen molar-refractivity contribution in [3.8, 4) is 0 Å². The molecule has 0 aliphatic rings. The van der Waals surface area contributed by atoms with Gasteiger partial charge in [0.1, 0.15) is 0 Å². The minimum absolute atomic E-state index is 0. The molecule has 0 N–H and O–H groups in total. The molecule has 13 heavy (non-hydrogen) atoms. The van der Waals surface area contributed by atoms with Gasteiger partial charge in [0, 0.05) is 0 Å². The van der Waals surface area contributed by atoms with Crippen LogP contribution >= 0.6 is 19.3 Å².